The van der Waals surface area contributed by atoms with E-state index in [1.54, 1.807) is 18.2 Å². The van der Waals surface area contributed by atoms with Crippen molar-refractivity contribution >= 4 is 11.7 Å². The maximum Gasteiger partial charge on any atom is 0.335 e. The Balaban J connectivity index is 2.88. The molecule has 3 heteroatoms. The van der Waals surface area contributed by atoms with E-state index in [2.05, 4.69) is 25.7 Å². The number of rotatable bonds is 6. The molecule has 0 aliphatic rings. The monoisotopic (exact) mass is 235 g/mol. The molecule has 0 saturated carbocycles. The molecule has 0 bridgehead atoms. The van der Waals surface area contributed by atoms with E-state index in [0.717, 1.165) is 25.2 Å². The Hall–Kier alpha value is -1.51. The minimum absolute atomic E-state index is 0.352. The van der Waals surface area contributed by atoms with E-state index in [0.29, 0.717) is 11.5 Å². The highest BCUT2D eigenvalue weighted by atomic mass is 16.4. The summed E-state index contributed by atoms with van der Waals surface area (Å²) >= 11 is 0. The molecule has 0 amide bonds. The lowest BCUT2D eigenvalue weighted by atomic mass is 10.1. The van der Waals surface area contributed by atoms with E-state index < -0.39 is 5.97 Å². The molecule has 0 aromatic heterocycles. The van der Waals surface area contributed by atoms with Gasteiger partial charge in [-0.3, -0.25) is 0 Å². The second-order valence-corrected chi connectivity index (χ2v) is 4.41. The highest BCUT2D eigenvalue weighted by Gasteiger charge is 2.10. The number of benzene rings is 1. The Kier molecular flexibility index (Phi) is 5.01. The third kappa shape index (κ3) is 3.77. The van der Waals surface area contributed by atoms with Crippen LogP contribution < -0.4 is 4.90 Å². The molecular weight excluding hydrogens is 214 g/mol. The Bertz CT molecular complexity index is 376. The number of nitrogens with zero attached hydrogens (tertiary/aromatic N) is 1. The second-order valence-electron chi connectivity index (χ2n) is 4.41. The summed E-state index contributed by atoms with van der Waals surface area (Å²) in [6.07, 6.45) is 1.13. The van der Waals surface area contributed by atoms with Crippen molar-refractivity contribution in [1.29, 1.82) is 0 Å². The van der Waals surface area contributed by atoms with E-state index in [1.807, 2.05) is 6.07 Å². The molecule has 1 aromatic rings. The standard InChI is InChI=1S/C14H21NO2/c1-4-11(3)10-15(5-2)13-8-6-7-12(9-13)14(16)17/h6-9,11H,4-5,10H2,1-3H3,(H,16,17). The zero-order chi connectivity index (χ0) is 12.8. The molecule has 1 aromatic carbocycles. The van der Waals surface area contributed by atoms with Crippen LogP contribution in [0.25, 0.3) is 0 Å². The lowest BCUT2D eigenvalue weighted by molar-refractivity contribution is 0.0697. The Morgan fingerprint density at radius 1 is 1.41 bits per heavy atom. The van der Waals surface area contributed by atoms with Gasteiger partial charge in [0, 0.05) is 18.8 Å². The minimum atomic E-state index is -0.869. The Labute approximate surface area is 103 Å². The first-order chi connectivity index (χ1) is 8.08. The van der Waals surface area contributed by atoms with Gasteiger partial charge in [-0.1, -0.05) is 26.3 Å². The first kappa shape index (κ1) is 13.6. The molecule has 1 unspecified atom stereocenters. The van der Waals surface area contributed by atoms with Crippen molar-refractivity contribution in [2.45, 2.75) is 27.2 Å². The second kappa shape index (κ2) is 6.28. The fourth-order valence-corrected chi connectivity index (χ4v) is 1.76. The molecule has 17 heavy (non-hydrogen) atoms. The summed E-state index contributed by atoms with van der Waals surface area (Å²) in [6.45, 7) is 8.34. The molecular formula is C14H21NO2. The molecule has 0 heterocycles. The summed E-state index contributed by atoms with van der Waals surface area (Å²) in [5.74, 6) is -0.255. The van der Waals surface area contributed by atoms with Gasteiger partial charge in [0.25, 0.3) is 0 Å². The molecule has 0 aliphatic carbocycles. The van der Waals surface area contributed by atoms with Crippen LogP contribution in [0, 0.1) is 5.92 Å². The molecule has 0 radical (unpaired) electrons. The highest BCUT2D eigenvalue weighted by molar-refractivity contribution is 5.88. The number of carboxylic acids is 1. The van der Waals surface area contributed by atoms with Crippen molar-refractivity contribution in [3.05, 3.63) is 29.8 Å². The molecule has 0 saturated heterocycles. The summed E-state index contributed by atoms with van der Waals surface area (Å²) in [5, 5.41) is 8.97. The fraction of sp³-hybridized carbons (Fsp3) is 0.500. The van der Waals surface area contributed by atoms with Gasteiger partial charge in [-0.2, -0.15) is 0 Å². The van der Waals surface area contributed by atoms with Gasteiger partial charge in [0.15, 0.2) is 0 Å². The summed E-state index contributed by atoms with van der Waals surface area (Å²) in [6, 6.07) is 7.15. The lowest BCUT2D eigenvalue weighted by Crippen LogP contribution is -2.28. The van der Waals surface area contributed by atoms with Crippen LogP contribution in [0.1, 0.15) is 37.6 Å². The normalized spacial score (nSPS) is 12.2. The smallest absolute Gasteiger partial charge is 0.335 e. The van der Waals surface area contributed by atoms with E-state index in [-0.39, 0.29) is 0 Å². The number of carbonyl (C=O) groups is 1. The van der Waals surface area contributed by atoms with Crippen molar-refractivity contribution in [3.8, 4) is 0 Å². The van der Waals surface area contributed by atoms with Crippen molar-refractivity contribution in [1.82, 2.24) is 0 Å². The summed E-state index contributed by atoms with van der Waals surface area (Å²) in [7, 11) is 0. The summed E-state index contributed by atoms with van der Waals surface area (Å²) in [4.78, 5) is 13.1. The van der Waals surface area contributed by atoms with Crippen LogP contribution in [0.5, 0.6) is 0 Å². The van der Waals surface area contributed by atoms with Crippen molar-refractivity contribution in [2.24, 2.45) is 5.92 Å². The van der Waals surface area contributed by atoms with Crippen LogP contribution >= 0.6 is 0 Å². The van der Waals surface area contributed by atoms with Crippen LogP contribution in [0.4, 0.5) is 5.69 Å². The number of hydrogen-bond acceptors (Lipinski definition) is 2. The van der Waals surface area contributed by atoms with Gasteiger partial charge in [0.1, 0.15) is 0 Å². The van der Waals surface area contributed by atoms with Gasteiger partial charge < -0.3 is 10.0 Å². The highest BCUT2D eigenvalue weighted by Crippen LogP contribution is 2.18. The van der Waals surface area contributed by atoms with Crippen molar-refractivity contribution < 1.29 is 9.90 Å². The van der Waals surface area contributed by atoms with Crippen LogP contribution in [0.15, 0.2) is 24.3 Å². The molecule has 3 nitrogen and oxygen atoms in total. The zero-order valence-corrected chi connectivity index (χ0v) is 10.8. The molecule has 1 rings (SSSR count). The predicted octanol–water partition coefficient (Wildman–Crippen LogP) is 3.26. The van der Waals surface area contributed by atoms with E-state index in [1.165, 1.54) is 0 Å². The third-order valence-electron chi connectivity index (χ3n) is 3.07. The summed E-state index contributed by atoms with van der Waals surface area (Å²) < 4.78 is 0. The van der Waals surface area contributed by atoms with E-state index in [4.69, 9.17) is 5.11 Å². The van der Waals surface area contributed by atoms with E-state index >= 15 is 0 Å². The van der Waals surface area contributed by atoms with E-state index in [9.17, 15) is 4.79 Å². The largest absolute Gasteiger partial charge is 0.478 e. The van der Waals surface area contributed by atoms with Crippen LogP contribution in [-0.4, -0.2) is 24.2 Å². The van der Waals surface area contributed by atoms with Gasteiger partial charge in [0.2, 0.25) is 0 Å². The molecule has 0 aliphatic heterocycles. The van der Waals surface area contributed by atoms with Crippen molar-refractivity contribution in [3.63, 3.8) is 0 Å². The maximum atomic E-state index is 10.9. The molecule has 0 spiro atoms. The first-order valence-corrected chi connectivity index (χ1v) is 6.16. The molecule has 94 valence electrons. The van der Waals surface area contributed by atoms with Crippen molar-refractivity contribution in [2.75, 3.05) is 18.0 Å². The molecule has 1 N–H and O–H groups in total. The number of anilines is 1. The lowest BCUT2D eigenvalue weighted by Gasteiger charge is -2.26. The van der Waals surface area contributed by atoms with Gasteiger partial charge in [-0.15, -0.1) is 0 Å². The number of aromatic carboxylic acids is 1. The van der Waals surface area contributed by atoms with Crippen LogP contribution in [0.2, 0.25) is 0 Å². The number of hydrogen-bond donors (Lipinski definition) is 1. The first-order valence-electron chi connectivity index (χ1n) is 6.16. The quantitative estimate of drug-likeness (QED) is 0.822. The Morgan fingerprint density at radius 2 is 2.12 bits per heavy atom. The SMILES string of the molecule is CCC(C)CN(CC)c1cccc(C(=O)O)c1. The average Bonchev–Trinajstić information content (AvgIpc) is 2.35. The molecule has 0 fully saturated rings. The Morgan fingerprint density at radius 3 is 2.65 bits per heavy atom. The number of carboxylic acid groups (broad SMARTS) is 1. The third-order valence-corrected chi connectivity index (χ3v) is 3.07. The topological polar surface area (TPSA) is 40.5 Å². The van der Waals surface area contributed by atoms with Gasteiger partial charge in [0.05, 0.1) is 5.56 Å². The zero-order valence-electron chi connectivity index (χ0n) is 10.8. The predicted molar refractivity (Wildman–Crippen MR) is 70.7 cm³/mol. The van der Waals surface area contributed by atoms with Gasteiger partial charge in [-0.05, 0) is 31.0 Å². The maximum absolute atomic E-state index is 10.9. The fourth-order valence-electron chi connectivity index (χ4n) is 1.76. The minimum Gasteiger partial charge on any atom is -0.478 e. The van der Waals surface area contributed by atoms with Gasteiger partial charge >= 0.3 is 5.97 Å². The van der Waals surface area contributed by atoms with Gasteiger partial charge in [-0.25, -0.2) is 4.79 Å². The van der Waals surface area contributed by atoms with Crippen LogP contribution in [-0.2, 0) is 0 Å². The van der Waals surface area contributed by atoms with Crippen LogP contribution in [0.3, 0.4) is 0 Å². The molecule has 1 atom stereocenters. The average molecular weight is 235 g/mol. The summed E-state index contributed by atoms with van der Waals surface area (Å²) in [5.41, 5.74) is 1.35.